The molecule has 0 heterocycles. The van der Waals surface area contributed by atoms with Gasteiger partial charge in [0.1, 0.15) is 0 Å². The summed E-state index contributed by atoms with van der Waals surface area (Å²) in [5, 5.41) is 8.64. The summed E-state index contributed by atoms with van der Waals surface area (Å²) in [4.78, 5) is 0. The minimum Gasteiger partial charge on any atom is -0.396 e. The molecule has 0 aromatic carbocycles. The van der Waals surface area contributed by atoms with Gasteiger partial charge in [-0.25, -0.2) is 0 Å². The minimum absolute atomic E-state index is 0.355. The fraction of sp³-hybridized carbons (Fsp3) is 0.875. The van der Waals surface area contributed by atoms with Crippen molar-refractivity contribution in [2.24, 2.45) is 0 Å². The van der Waals surface area contributed by atoms with E-state index in [9.17, 15) is 0 Å². The molecule has 0 aliphatic rings. The van der Waals surface area contributed by atoms with Gasteiger partial charge < -0.3 is 9.84 Å². The number of aliphatic hydroxyl groups is 1. The monoisotopic (exact) mass is 256 g/mol. The summed E-state index contributed by atoms with van der Waals surface area (Å²) in [6, 6.07) is 0. The van der Waals surface area contributed by atoms with Crippen LogP contribution in [0.4, 0.5) is 0 Å². The van der Waals surface area contributed by atoms with Gasteiger partial charge in [0.05, 0.1) is 6.61 Å². The molecule has 18 heavy (non-hydrogen) atoms. The highest BCUT2D eigenvalue weighted by atomic mass is 16.5. The van der Waals surface area contributed by atoms with Crippen molar-refractivity contribution in [3.05, 3.63) is 12.2 Å². The molecule has 0 aromatic heterocycles. The summed E-state index contributed by atoms with van der Waals surface area (Å²) in [7, 11) is 0. The zero-order valence-corrected chi connectivity index (χ0v) is 12.3. The van der Waals surface area contributed by atoms with Crippen LogP contribution in [0.5, 0.6) is 0 Å². The number of unbranched alkanes of at least 4 members (excludes halogenated alkanes) is 9. The van der Waals surface area contributed by atoms with Crippen molar-refractivity contribution >= 4 is 0 Å². The van der Waals surface area contributed by atoms with Crippen LogP contribution in [-0.2, 0) is 4.74 Å². The Morgan fingerprint density at radius 1 is 0.833 bits per heavy atom. The molecule has 0 aromatic rings. The quantitative estimate of drug-likeness (QED) is 0.367. The first-order valence-electron chi connectivity index (χ1n) is 7.60. The number of rotatable bonds is 14. The van der Waals surface area contributed by atoms with E-state index in [0.717, 1.165) is 18.6 Å². The van der Waals surface area contributed by atoms with Gasteiger partial charge in [-0.1, -0.05) is 63.5 Å². The molecular formula is C16H32O2. The van der Waals surface area contributed by atoms with Crippen LogP contribution in [0.25, 0.3) is 0 Å². The first-order valence-corrected chi connectivity index (χ1v) is 7.60. The molecule has 0 rings (SSSR count). The van der Waals surface area contributed by atoms with Gasteiger partial charge in [-0.05, 0) is 19.8 Å². The summed E-state index contributed by atoms with van der Waals surface area (Å²) in [5.41, 5.74) is 1.11. The van der Waals surface area contributed by atoms with Crippen molar-refractivity contribution < 1.29 is 9.84 Å². The summed E-state index contributed by atoms with van der Waals surface area (Å²) in [5.74, 6) is 0. The maximum atomic E-state index is 8.64. The molecule has 108 valence electrons. The smallest absolute Gasteiger partial charge is 0.0671 e. The topological polar surface area (TPSA) is 29.5 Å². The summed E-state index contributed by atoms with van der Waals surface area (Å²) in [6.07, 6.45) is 12.7. The molecule has 0 unspecified atom stereocenters. The highest BCUT2D eigenvalue weighted by Gasteiger charge is 1.93. The van der Waals surface area contributed by atoms with Gasteiger partial charge in [-0.15, -0.1) is 0 Å². The largest absolute Gasteiger partial charge is 0.396 e. The first-order chi connectivity index (χ1) is 8.77. The zero-order valence-electron chi connectivity index (χ0n) is 12.3. The van der Waals surface area contributed by atoms with Crippen LogP contribution in [0.1, 0.15) is 71.1 Å². The molecule has 2 heteroatoms. The molecule has 0 spiro atoms. The Balaban J connectivity index is 2.92. The van der Waals surface area contributed by atoms with Crippen LogP contribution in [0.15, 0.2) is 12.2 Å². The molecule has 0 bridgehead atoms. The SMILES string of the molecule is C=C(C)COCCCCCCCCCCCCO. The molecule has 0 aliphatic heterocycles. The molecule has 1 N–H and O–H groups in total. The fourth-order valence-corrected chi connectivity index (χ4v) is 1.98. The second-order valence-corrected chi connectivity index (χ2v) is 5.27. The fourth-order valence-electron chi connectivity index (χ4n) is 1.98. The van der Waals surface area contributed by atoms with Crippen LogP contribution in [0.2, 0.25) is 0 Å². The lowest BCUT2D eigenvalue weighted by atomic mass is 10.1. The standard InChI is InChI=1S/C16H32O2/c1-16(2)15-18-14-12-10-8-6-4-3-5-7-9-11-13-17/h17H,1,3-15H2,2H3. The maximum Gasteiger partial charge on any atom is 0.0671 e. The molecule has 0 fully saturated rings. The predicted molar refractivity (Wildman–Crippen MR) is 78.9 cm³/mol. The van der Waals surface area contributed by atoms with E-state index >= 15 is 0 Å². The lowest BCUT2D eigenvalue weighted by molar-refractivity contribution is 0.151. The normalized spacial score (nSPS) is 10.8. The molecular weight excluding hydrogens is 224 g/mol. The van der Waals surface area contributed by atoms with Crippen LogP contribution in [0.3, 0.4) is 0 Å². The third-order valence-electron chi connectivity index (χ3n) is 3.05. The van der Waals surface area contributed by atoms with Gasteiger partial charge in [0, 0.05) is 13.2 Å². The molecule has 0 saturated carbocycles. The number of ether oxygens (including phenoxy) is 1. The third-order valence-corrected chi connectivity index (χ3v) is 3.05. The summed E-state index contributed by atoms with van der Waals surface area (Å²) >= 11 is 0. The van der Waals surface area contributed by atoms with Crippen molar-refractivity contribution in [2.45, 2.75) is 71.1 Å². The lowest BCUT2D eigenvalue weighted by Gasteiger charge is -2.04. The van der Waals surface area contributed by atoms with Crippen molar-refractivity contribution in [1.82, 2.24) is 0 Å². The van der Waals surface area contributed by atoms with Crippen molar-refractivity contribution in [3.8, 4) is 0 Å². The Labute approximate surface area is 113 Å². The molecule has 0 aliphatic carbocycles. The van der Waals surface area contributed by atoms with E-state index < -0.39 is 0 Å². The van der Waals surface area contributed by atoms with Crippen LogP contribution >= 0.6 is 0 Å². The van der Waals surface area contributed by atoms with E-state index in [1.54, 1.807) is 0 Å². The Hall–Kier alpha value is -0.340. The summed E-state index contributed by atoms with van der Waals surface area (Å²) in [6.45, 7) is 7.76. The molecule has 2 nitrogen and oxygen atoms in total. The first kappa shape index (κ1) is 17.7. The van der Waals surface area contributed by atoms with Crippen LogP contribution in [0, 0.1) is 0 Å². The Morgan fingerprint density at radius 2 is 1.28 bits per heavy atom. The maximum absolute atomic E-state index is 8.64. The van der Waals surface area contributed by atoms with E-state index in [-0.39, 0.29) is 0 Å². The van der Waals surface area contributed by atoms with E-state index in [1.165, 1.54) is 57.8 Å². The van der Waals surface area contributed by atoms with Gasteiger partial charge in [-0.3, -0.25) is 0 Å². The minimum atomic E-state index is 0.355. The lowest BCUT2D eigenvalue weighted by Crippen LogP contribution is -1.97. The predicted octanol–water partition coefficient (Wildman–Crippen LogP) is 4.47. The molecule has 0 atom stereocenters. The van der Waals surface area contributed by atoms with E-state index in [2.05, 4.69) is 6.58 Å². The summed E-state index contributed by atoms with van der Waals surface area (Å²) < 4.78 is 5.46. The van der Waals surface area contributed by atoms with Gasteiger partial charge in [0.15, 0.2) is 0 Å². The van der Waals surface area contributed by atoms with Gasteiger partial charge in [0.2, 0.25) is 0 Å². The Kier molecular flexibility index (Phi) is 14.4. The van der Waals surface area contributed by atoms with Crippen LogP contribution < -0.4 is 0 Å². The molecule has 0 radical (unpaired) electrons. The number of aliphatic hydroxyl groups excluding tert-OH is 1. The second-order valence-electron chi connectivity index (χ2n) is 5.27. The van der Waals surface area contributed by atoms with E-state index in [1.807, 2.05) is 6.92 Å². The van der Waals surface area contributed by atoms with E-state index in [0.29, 0.717) is 13.2 Å². The molecule has 0 amide bonds. The van der Waals surface area contributed by atoms with Crippen molar-refractivity contribution in [3.63, 3.8) is 0 Å². The zero-order chi connectivity index (χ0) is 13.5. The highest BCUT2D eigenvalue weighted by molar-refractivity contribution is 4.87. The van der Waals surface area contributed by atoms with Crippen LogP contribution in [-0.4, -0.2) is 24.9 Å². The molecule has 0 saturated heterocycles. The van der Waals surface area contributed by atoms with E-state index in [4.69, 9.17) is 9.84 Å². The average Bonchev–Trinajstić information content (AvgIpc) is 2.34. The second kappa shape index (κ2) is 14.7. The Bertz CT molecular complexity index is 178. The van der Waals surface area contributed by atoms with Crippen molar-refractivity contribution in [1.29, 1.82) is 0 Å². The Morgan fingerprint density at radius 3 is 1.72 bits per heavy atom. The third kappa shape index (κ3) is 15.7. The van der Waals surface area contributed by atoms with Gasteiger partial charge in [0.25, 0.3) is 0 Å². The van der Waals surface area contributed by atoms with Gasteiger partial charge >= 0.3 is 0 Å². The van der Waals surface area contributed by atoms with Crippen molar-refractivity contribution in [2.75, 3.05) is 19.8 Å². The number of hydrogen-bond donors (Lipinski definition) is 1. The average molecular weight is 256 g/mol. The highest BCUT2D eigenvalue weighted by Crippen LogP contribution is 2.10. The number of hydrogen-bond acceptors (Lipinski definition) is 2. The van der Waals surface area contributed by atoms with Gasteiger partial charge in [-0.2, -0.15) is 0 Å².